The van der Waals surface area contributed by atoms with Crippen LogP contribution in [0.1, 0.15) is 10.4 Å². The highest BCUT2D eigenvalue weighted by atomic mass is 32.2. The molecule has 1 aliphatic rings. The van der Waals surface area contributed by atoms with E-state index in [1.54, 1.807) is 36.4 Å². The summed E-state index contributed by atoms with van der Waals surface area (Å²) in [6, 6.07) is 12.8. The minimum absolute atomic E-state index is 0.0868. The summed E-state index contributed by atoms with van der Waals surface area (Å²) in [6.45, 7) is 1.48. The summed E-state index contributed by atoms with van der Waals surface area (Å²) in [7, 11) is -2.08. The van der Waals surface area contributed by atoms with Crippen LogP contribution >= 0.6 is 0 Å². The smallest absolute Gasteiger partial charge is 0.250 e. The number of primary amides is 1. The number of hydrogen-bond acceptors (Lipinski definition) is 6. The number of nitrogens with one attached hydrogen (secondary N) is 1. The third-order valence-corrected chi connectivity index (χ3v) is 6.78. The van der Waals surface area contributed by atoms with E-state index in [4.69, 9.17) is 10.5 Å². The molecule has 1 heterocycles. The average Bonchev–Trinajstić information content (AvgIpc) is 2.74. The van der Waals surface area contributed by atoms with E-state index in [1.807, 2.05) is 4.90 Å². The van der Waals surface area contributed by atoms with Crippen molar-refractivity contribution in [3.63, 3.8) is 0 Å². The van der Waals surface area contributed by atoms with Gasteiger partial charge in [0.25, 0.3) is 5.91 Å². The second-order valence-electron chi connectivity index (χ2n) is 6.81. The van der Waals surface area contributed by atoms with E-state index >= 15 is 0 Å². The van der Waals surface area contributed by atoms with Gasteiger partial charge in [0.05, 0.1) is 29.8 Å². The average molecular weight is 433 g/mol. The number of benzene rings is 2. The Morgan fingerprint density at radius 2 is 1.67 bits per heavy atom. The Kier molecular flexibility index (Phi) is 6.70. The van der Waals surface area contributed by atoms with E-state index in [2.05, 4.69) is 5.32 Å². The van der Waals surface area contributed by atoms with Gasteiger partial charge in [0, 0.05) is 26.2 Å². The first-order chi connectivity index (χ1) is 14.3. The van der Waals surface area contributed by atoms with E-state index in [-0.39, 0.29) is 36.0 Å². The van der Waals surface area contributed by atoms with Crippen LogP contribution in [0.3, 0.4) is 0 Å². The highest BCUT2D eigenvalue weighted by molar-refractivity contribution is 7.89. The zero-order chi connectivity index (χ0) is 21.7. The first-order valence-electron chi connectivity index (χ1n) is 9.36. The first-order valence-corrected chi connectivity index (χ1v) is 10.8. The lowest BCUT2D eigenvalue weighted by Gasteiger charge is -2.33. The molecule has 10 heteroatoms. The minimum atomic E-state index is -3.60. The molecule has 0 bridgehead atoms. The van der Waals surface area contributed by atoms with Gasteiger partial charge in [0.15, 0.2) is 0 Å². The molecule has 160 valence electrons. The van der Waals surface area contributed by atoms with Crippen molar-refractivity contribution in [2.45, 2.75) is 4.90 Å². The van der Waals surface area contributed by atoms with Gasteiger partial charge in [-0.3, -0.25) is 14.5 Å². The number of sulfonamides is 1. The number of anilines is 1. The third kappa shape index (κ3) is 4.96. The van der Waals surface area contributed by atoms with Crippen LogP contribution in [0, 0.1) is 0 Å². The lowest BCUT2D eigenvalue weighted by Crippen LogP contribution is -2.50. The normalized spacial score (nSPS) is 15.5. The van der Waals surface area contributed by atoms with Crippen LogP contribution in [0.15, 0.2) is 53.4 Å². The molecule has 9 nitrogen and oxygen atoms in total. The SMILES string of the molecule is COc1ccc(S(=O)(=O)N2CCN(CC(=O)Nc3ccccc3C(N)=O)CC2)cc1. The molecule has 2 amide bonds. The van der Waals surface area contributed by atoms with Crippen molar-refractivity contribution >= 4 is 27.5 Å². The number of carbonyl (C=O) groups excluding carboxylic acids is 2. The molecule has 1 fully saturated rings. The summed E-state index contributed by atoms with van der Waals surface area (Å²) in [4.78, 5) is 25.9. The number of methoxy groups -OCH3 is 1. The van der Waals surface area contributed by atoms with Crippen LogP contribution in [-0.2, 0) is 14.8 Å². The quantitative estimate of drug-likeness (QED) is 0.665. The number of carbonyl (C=O) groups is 2. The highest BCUT2D eigenvalue weighted by Gasteiger charge is 2.29. The molecule has 0 radical (unpaired) electrons. The molecule has 0 aliphatic carbocycles. The number of nitrogens with two attached hydrogens (primary N) is 1. The van der Waals surface area contributed by atoms with Crippen LogP contribution in [0.4, 0.5) is 5.69 Å². The summed E-state index contributed by atoms with van der Waals surface area (Å²) in [5.41, 5.74) is 5.92. The van der Waals surface area contributed by atoms with Crippen LogP contribution in [0.5, 0.6) is 5.75 Å². The maximum absolute atomic E-state index is 12.8. The Morgan fingerprint density at radius 3 is 2.27 bits per heavy atom. The Labute approximate surface area is 175 Å². The number of rotatable bonds is 7. The number of nitrogens with zero attached hydrogens (tertiary/aromatic N) is 2. The first kappa shape index (κ1) is 21.8. The van der Waals surface area contributed by atoms with E-state index in [0.717, 1.165) is 0 Å². The maximum atomic E-state index is 12.8. The van der Waals surface area contributed by atoms with Crippen molar-refractivity contribution in [1.29, 1.82) is 0 Å². The maximum Gasteiger partial charge on any atom is 0.250 e. The standard InChI is InChI=1S/C20H24N4O5S/c1-29-15-6-8-16(9-7-15)30(27,28)24-12-10-23(11-13-24)14-19(25)22-18-5-3-2-4-17(18)20(21)26/h2-9H,10-14H2,1H3,(H2,21,26)(H,22,25). The van der Waals surface area contributed by atoms with Gasteiger partial charge in [0.1, 0.15) is 5.75 Å². The summed E-state index contributed by atoms with van der Waals surface area (Å²) in [5, 5.41) is 2.69. The summed E-state index contributed by atoms with van der Waals surface area (Å²) >= 11 is 0. The molecule has 0 saturated carbocycles. The molecular weight excluding hydrogens is 408 g/mol. The van der Waals surface area contributed by atoms with Gasteiger partial charge in [-0.2, -0.15) is 4.31 Å². The Bertz CT molecular complexity index is 1020. The summed E-state index contributed by atoms with van der Waals surface area (Å²) < 4.78 is 32.1. The predicted molar refractivity (Wildman–Crippen MR) is 112 cm³/mol. The third-order valence-electron chi connectivity index (χ3n) is 4.86. The summed E-state index contributed by atoms with van der Waals surface area (Å²) in [6.07, 6.45) is 0. The van der Waals surface area contributed by atoms with Crippen molar-refractivity contribution in [1.82, 2.24) is 9.21 Å². The molecule has 0 aromatic heterocycles. The van der Waals surface area contributed by atoms with Gasteiger partial charge >= 0.3 is 0 Å². The zero-order valence-electron chi connectivity index (χ0n) is 16.6. The second kappa shape index (κ2) is 9.24. The van der Waals surface area contributed by atoms with Crippen LogP contribution < -0.4 is 15.8 Å². The highest BCUT2D eigenvalue weighted by Crippen LogP contribution is 2.21. The molecule has 1 saturated heterocycles. The van der Waals surface area contributed by atoms with Crippen molar-refractivity contribution < 1.29 is 22.7 Å². The van der Waals surface area contributed by atoms with Gasteiger partial charge in [-0.05, 0) is 36.4 Å². The van der Waals surface area contributed by atoms with E-state index in [1.165, 1.54) is 23.5 Å². The number of piperazine rings is 1. The molecule has 2 aromatic rings. The minimum Gasteiger partial charge on any atom is -0.497 e. The van der Waals surface area contributed by atoms with Crippen molar-refractivity contribution in [2.75, 3.05) is 45.2 Å². The van der Waals surface area contributed by atoms with Crippen molar-refractivity contribution in [3.05, 3.63) is 54.1 Å². The van der Waals surface area contributed by atoms with Gasteiger partial charge in [-0.25, -0.2) is 8.42 Å². The number of amides is 2. The Morgan fingerprint density at radius 1 is 1.03 bits per heavy atom. The van der Waals surface area contributed by atoms with Crippen LogP contribution in [0.2, 0.25) is 0 Å². The topological polar surface area (TPSA) is 122 Å². The molecule has 0 unspecified atom stereocenters. The fraction of sp³-hybridized carbons (Fsp3) is 0.300. The number of hydrogen-bond donors (Lipinski definition) is 2. The van der Waals surface area contributed by atoms with Crippen molar-refractivity contribution in [3.8, 4) is 5.75 Å². The van der Waals surface area contributed by atoms with Gasteiger partial charge in [-0.15, -0.1) is 0 Å². The second-order valence-corrected chi connectivity index (χ2v) is 8.75. The fourth-order valence-electron chi connectivity index (χ4n) is 3.22. The van der Waals surface area contributed by atoms with Crippen LogP contribution in [0.25, 0.3) is 0 Å². The molecule has 1 aliphatic heterocycles. The van der Waals surface area contributed by atoms with Gasteiger partial charge in [-0.1, -0.05) is 12.1 Å². The molecule has 3 rings (SSSR count). The molecule has 2 aromatic carbocycles. The zero-order valence-corrected chi connectivity index (χ0v) is 17.4. The number of para-hydroxylation sites is 1. The molecular formula is C20H24N4O5S. The lowest BCUT2D eigenvalue weighted by molar-refractivity contribution is -0.117. The van der Waals surface area contributed by atoms with Gasteiger partial charge in [0.2, 0.25) is 15.9 Å². The monoisotopic (exact) mass is 432 g/mol. The van der Waals surface area contributed by atoms with E-state index in [0.29, 0.717) is 24.5 Å². The molecule has 0 atom stereocenters. The lowest BCUT2D eigenvalue weighted by atomic mass is 10.1. The van der Waals surface area contributed by atoms with E-state index in [9.17, 15) is 18.0 Å². The fourth-order valence-corrected chi connectivity index (χ4v) is 4.65. The molecule has 3 N–H and O–H groups in total. The molecule has 0 spiro atoms. The van der Waals surface area contributed by atoms with Crippen LogP contribution in [-0.4, -0.2) is 69.3 Å². The Hall–Kier alpha value is -2.95. The molecule has 30 heavy (non-hydrogen) atoms. The largest absolute Gasteiger partial charge is 0.497 e. The predicted octanol–water partition coefficient (Wildman–Crippen LogP) is 0.739. The van der Waals surface area contributed by atoms with Gasteiger partial charge < -0.3 is 15.8 Å². The Balaban J connectivity index is 1.56. The van der Waals surface area contributed by atoms with E-state index < -0.39 is 15.9 Å². The van der Waals surface area contributed by atoms with Crippen molar-refractivity contribution in [2.24, 2.45) is 5.73 Å². The summed E-state index contributed by atoms with van der Waals surface area (Å²) in [5.74, 6) is -0.332. The number of ether oxygens (including phenoxy) is 1.